The quantitative estimate of drug-likeness (QED) is 0.673. The van der Waals surface area contributed by atoms with Crippen LogP contribution in [0.5, 0.6) is 0 Å². The number of aliphatic hydroxyl groups excluding tert-OH is 1. The lowest BCUT2D eigenvalue weighted by Crippen LogP contribution is -2.56. The number of carbonyl (C=O) groups excluding carboxylic acids is 1. The highest BCUT2D eigenvalue weighted by Crippen LogP contribution is 2.31. The van der Waals surface area contributed by atoms with Crippen LogP contribution in [0.2, 0.25) is 5.02 Å². The third-order valence-electron chi connectivity index (χ3n) is 7.12. The fourth-order valence-corrected chi connectivity index (χ4v) is 5.56. The van der Waals surface area contributed by atoms with E-state index >= 15 is 0 Å². The summed E-state index contributed by atoms with van der Waals surface area (Å²) in [5.74, 6) is 0.720. The number of ether oxygens (including phenoxy) is 2. The Labute approximate surface area is 196 Å². The molecule has 2 saturated heterocycles. The normalized spacial score (nSPS) is 30.2. The van der Waals surface area contributed by atoms with Gasteiger partial charge in [-0.3, -0.25) is 9.69 Å². The first-order chi connectivity index (χ1) is 15.6. The Morgan fingerprint density at radius 1 is 1.09 bits per heavy atom. The van der Waals surface area contributed by atoms with E-state index in [1.54, 1.807) is 0 Å². The molecule has 6 nitrogen and oxygen atoms in total. The summed E-state index contributed by atoms with van der Waals surface area (Å²) in [4.78, 5) is 15.0. The average Bonchev–Trinajstić information content (AvgIpc) is 2.78. The lowest BCUT2D eigenvalue weighted by atomic mass is 9.87. The summed E-state index contributed by atoms with van der Waals surface area (Å²) in [7, 11) is 0. The van der Waals surface area contributed by atoms with E-state index in [1.807, 2.05) is 24.3 Å². The maximum Gasteiger partial charge on any atom is 0.222 e. The van der Waals surface area contributed by atoms with E-state index in [1.165, 1.54) is 32.1 Å². The third-order valence-corrected chi connectivity index (χ3v) is 7.37. The van der Waals surface area contributed by atoms with Gasteiger partial charge in [0.05, 0.1) is 37.9 Å². The van der Waals surface area contributed by atoms with Gasteiger partial charge in [-0.2, -0.15) is 0 Å². The largest absolute Gasteiger partial charge is 0.389 e. The molecule has 32 heavy (non-hydrogen) atoms. The Morgan fingerprint density at radius 3 is 2.66 bits per heavy atom. The number of β-amino-alcohol motifs (C(OH)–C–C–N with tert-alkyl or cyclic N) is 1. The van der Waals surface area contributed by atoms with Gasteiger partial charge in [-0.25, -0.2) is 0 Å². The van der Waals surface area contributed by atoms with Crippen molar-refractivity contribution in [3.05, 3.63) is 34.9 Å². The molecule has 2 aliphatic heterocycles. The molecule has 3 fully saturated rings. The van der Waals surface area contributed by atoms with Gasteiger partial charge in [0.15, 0.2) is 0 Å². The highest BCUT2D eigenvalue weighted by molar-refractivity contribution is 6.30. The van der Waals surface area contributed by atoms with Gasteiger partial charge in [0.2, 0.25) is 5.91 Å². The van der Waals surface area contributed by atoms with Gasteiger partial charge < -0.3 is 19.9 Å². The Balaban J connectivity index is 1.29. The summed E-state index contributed by atoms with van der Waals surface area (Å²) < 4.78 is 12.1. The zero-order valence-corrected chi connectivity index (χ0v) is 19.6. The number of aliphatic hydroxyl groups is 1. The highest BCUT2D eigenvalue weighted by Gasteiger charge is 2.38. The minimum Gasteiger partial charge on any atom is -0.389 e. The van der Waals surface area contributed by atoms with Gasteiger partial charge in [0, 0.05) is 30.7 Å². The van der Waals surface area contributed by atoms with Crippen molar-refractivity contribution in [3.63, 3.8) is 0 Å². The van der Waals surface area contributed by atoms with Gasteiger partial charge in [-0.1, -0.05) is 43.0 Å². The van der Waals surface area contributed by atoms with Crippen molar-refractivity contribution in [1.29, 1.82) is 0 Å². The Bertz CT molecular complexity index is 725. The molecule has 1 aromatic carbocycles. The fraction of sp³-hybridized carbons (Fsp3) is 0.720. The summed E-state index contributed by atoms with van der Waals surface area (Å²) in [6, 6.07) is 7.76. The first kappa shape index (κ1) is 24.0. The van der Waals surface area contributed by atoms with Crippen LogP contribution < -0.4 is 5.32 Å². The van der Waals surface area contributed by atoms with Gasteiger partial charge in [-0.15, -0.1) is 0 Å². The molecule has 1 saturated carbocycles. The van der Waals surface area contributed by atoms with Crippen LogP contribution in [0.4, 0.5) is 0 Å². The van der Waals surface area contributed by atoms with E-state index in [0.29, 0.717) is 43.7 Å². The Kier molecular flexibility index (Phi) is 8.83. The number of nitrogens with zero attached hydrogens (tertiary/aromatic N) is 1. The Hall–Kier alpha value is -1.18. The van der Waals surface area contributed by atoms with Crippen LogP contribution >= 0.6 is 11.6 Å². The van der Waals surface area contributed by atoms with Crippen molar-refractivity contribution in [2.45, 2.75) is 82.3 Å². The second-order valence-electron chi connectivity index (χ2n) is 9.70. The van der Waals surface area contributed by atoms with Crippen molar-refractivity contribution in [3.8, 4) is 0 Å². The van der Waals surface area contributed by atoms with Gasteiger partial charge in [0.25, 0.3) is 0 Å². The smallest absolute Gasteiger partial charge is 0.222 e. The molecule has 2 N–H and O–H groups in total. The molecule has 1 aromatic rings. The summed E-state index contributed by atoms with van der Waals surface area (Å²) >= 11 is 5.92. The van der Waals surface area contributed by atoms with Gasteiger partial charge in [-0.05, 0) is 49.3 Å². The first-order valence-electron chi connectivity index (χ1n) is 12.2. The third kappa shape index (κ3) is 6.91. The maximum absolute atomic E-state index is 12.5. The zero-order chi connectivity index (χ0) is 22.3. The van der Waals surface area contributed by atoms with E-state index < -0.39 is 6.10 Å². The summed E-state index contributed by atoms with van der Waals surface area (Å²) in [5.41, 5.74) is 1.03. The second-order valence-corrected chi connectivity index (χ2v) is 10.1. The first-order valence-corrected chi connectivity index (χ1v) is 12.6. The number of halogens is 1. The van der Waals surface area contributed by atoms with E-state index in [-0.39, 0.29) is 24.2 Å². The van der Waals surface area contributed by atoms with E-state index in [2.05, 4.69) is 10.2 Å². The molecule has 1 aliphatic carbocycles. The molecule has 0 radical (unpaired) electrons. The van der Waals surface area contributed by atoms with Crippen molar-refractivity contribution >= 4 is 17.5 Å². The molecule has 2 heterocycles. The molecular formula is C25H37ClN2O4. The van der Waals surface area contributed by atoms with Crippen molar-refractivity contribution in [2.75, 3.05) is 26.3 Å². The predicted octanol–water partition coefficient (Wildman–Crippen LogP) is 3.54. The zero-order valence-electron chi connectivity index (χ0n) is 18.9. The van der Waals surface area contributed by atoms with Crippen LogP contribution in [0.1, 0.15) is 56.9 Å². The van der Waals surface area contributed by atoms with E-state index in [0.717, 1.165) is 24.9 Å². The number of benzene rings is 1. The lowest BCUT2D eigenvalue weighted by molar-refractivity contribution is -0.158. The standard InChI is InChI=1S/C25H37ClN2O4/c26-20-8-6-18(7-9-20)13-27-25(30)12-22-10-11-23-24(32-22)17-31-16-21(29)15-28(23)14-19-4-2-1-3-5-19/h6-9,19,21-24,29H,1-5,10-17H2,(H,27,30)/t21-,22+,23-,24+/m0/s1. The molecule has 4 atom stereocenters. The minimum atomic E-state index is -0.448. The second kappa shape index (κ2) is 11.8. The molecule has 0 spiro atoms. The number of hydrogen-bond acceptors (Lipinski definition) is 5. The number of hydrogen-bond donors (Lipinski definition) is 2. The molecule has 1 amide bonds. The number of fused-ring (bicyclic) bond motifs is 1. The summed E-state index contributed by atoms with van der Waals surface area (Å²) in [6.07, 6.45) is 8.18. The van der Waals surface area contributed by atoms with E-state index in [9.17, 15) is 9.90 Å². The molecule has 7 heteroatoms. The lowest BCUT2D eigenvalue weighted by Gasteiger charge is -2.45. The average molecular weight is 465 g/mol. The number of nitrogens with one attached hydrogen (secondary N) is 1. The number of amides is 1. The monoisotopic (exact) mass is 464 g/mol. The highest BCUT2D eigenvalue weighted by atomic mass is 35.5. The molecule has 0 unspecified atom stereocenters. The predicted molar refractivity (Wildman–Crippen MR) is 125 cm³/mol. The summed E-state index contributed by atoms with van der Waals surface area (Å²) in [6.45, 7) is 3.00. The summed E-state index contributed by atoms with van der Waals surface area (Å²) in [5, 5.41) is 14.1. The molecule has 178 valence electrons. The van der Waals surface area contributed by atoms with Crippen molar-refractivity contribution in [2.24, 2.45) is 5.92 Å². The van der Waals surface area contributed by atoms with Crippen LogP contribution in [0, 0.1) is 5.92 Å². The molecular weight excluding hydrogens is 428 g/mol. The fourth-order valence-electron chi connectivity index (χ4n) is 5.44. The van der Waals surface area contributed by atoms with Crippen LogP contribution in [-0.4, -0.2) is 66.6 Å². The minimum absolute atomic E-state index is 0.00430. The van der Waals surface area contributed by atoms with Crippen LogP contribution in [0.25, 0.3) is 0 Å². The maximum atomic E-state index is 12.5. The Morgan fingerprint density at radius 2 is 1.88 bits per heavy atom. The van der Waals surface area contributed by atoms with E-state index in [4.69, 9.17) is 21.1 Å². The van der Waals surface area contributed by atoms with Crippen LogP contribution in [-0.2, 0) is 20.8 Å². The van der Waals surface area contributed by atoms with Crippen molar-refractivity contribution in [1.82, 2.24) is 10.2 Å². The van der Waals surface area contributed by atoms with Crippen molar-refractivity contribution < 1.29 is 19.4 Å². The molecule has 0 aromatic heterocycles. The van der Waals surface area contributed by atoms with Gasteiger partial charge >= 0.3 is 0 Å². The molecule has 3 aliphatic rings. The van der Waals surface area contributed by atoms with Crippen LogP contribution in [0.3, 0.4) is 0 Å². The SMILES string of the molecule is O=C(C[C@H]1CC[C@H]2[C@@H](COC[C@@H](O)CN2CC2CCCCC2)O1)NCc1ccc(Cl)cc1. The topological polar surface area (TPSA) is 71.0 Å². The number of rotatable bonds is 6. The molecule has 4 rings (SSSR count). The molecule has 0 bridgehead atoms. The van der Waals surface area contributed by atoms with Crippen LogP contribution in [0.15, 0.2) is 24.3 Å². The van der Waals surface area contributed by atoms with Gasteiger partial charge in [0.1, 0.15) is 0 Å². The number of carbonyl (C=O) groups is 1.